The van der Waals surface area contributed by atoms with E-state index in [1.807, 2.05) is 17.7 Å². The summed E-state index contributed by atoms with van der Waals surface area (Å²) >= 11 is 1.56. The van der Waals surface area contributed by atoms with Crippen molar-refractivity contribution in [3.8, 4) is 5.88 Å². The van der Waals surface area contributed by atoms with Crippen LogP contribution in [0.5, 0.6) is 5.88 Å². The van der Waals surface area contributed by atoms with Gasteiger partial charge < -0.3 is 9.72 Å². The lowest BCUT2D eigenvalue weighted by atomic mass is 10.3. The van der Waals surface area contributed by atoms with E-state index < -0.39 is 10.8 Å². The summed E-state index contributed by atoms with van der Waals surface area (Å²) < 4.78 is 17.5. The number of nitrogens with zero attached hydrogens (tertiary/aromatic N) is 3. The molecular weight excluding hydrogens is 296 g/mol. The smallest absolute Gasteiger partial charge is 0.219 e. The Morgan fingerprint density at radius 1 is 1.40 bits per heavy atom. The molecule has 3 aromatic rings. The number of H-pyrrole nitrogens is 1. The lowest BCUT2D eigenvalue weighted by Gasteiger charge is -2.06. The first-order valence-electron chi connectivity index (χ1n) is 5.83. The molecule has 3 rings (SSSR count). The second-order valence-electron chi connectivity index (χ2n) is 4.16. The molecule has 1 atom stereocenters. The third-order valence-corrected chi connectivity index (χ3v) is 4.82. The summed E-state index contributed by atoms with van der Waals surface area (Å²) in [6.07, 6.45) is 1.42. The number of hydrogen-bond donors (Lipinski definition) is 1. The highest BCUT2D eigenvalue weighted by molar-refractivity contribution is 7.84. The maximum atomic E-state index is 12.4. The molecular formula is C12H12N4O2S2. The number of rotatable bonds is 4. The molecule has 0 aliphatic carbocycles. The van der Waals surface area contributed by atoms with Crippen LogP contribution in [-0.2, 0) is 16.6 Å². The van der Waals surface area contributed by atoms with E-state index >= 15 is 0 Å². The number of imidazole rings is 1. The fourth-order valence-electron chi connectivity index (χ4n) is 1.84. The van der Waals surface area contributed by atoms with Crippen LogP contribution in [0.15, 0.2) is 22.2 Å². The topological polar surface area (TPSA) is 80.8 Å². The fourth-order valence-corrected chi connectivity index (χ4v) is 3.64. The molecule has 0 aliphatic heterocycles. The van der Waals surface area contributed by atoms with Crippen molar-refractivity contribution in [2.75, 3.05) is 7.11 Å². The second-order valence-corrected chi connectivity index (χ2v) is 6.27. The quantitative estimate of drug-likeness (QED) is 0.797. The summed E-state index contributed by atoms with van der Waals surface area (Å²) in [7, 11) is 0.278. The summed E-state index contributed by atoms with van der Waals surface area (Å²) in [6.45, 7) is 1.85. The lowest BCUT2D eigenvalue weighted by Crippen LogP contribution is -2.05. The molecule has 3 heterocycles. The van der Waals surface area contributed by atoms with Gasteiger partial charge in [-0.2, -0.15) is 0 Å². The van der Waals surface area contributed by atoms with E-state index in [4.69, 9.17) is 4.74 Å². The Morgan fingerprint density at radius 2 is 2.25 bits per heavy atom. The Hall–Kier alpha value is -1.80. The third kappa shape index (κ3) is 2.32. The summed E-state index contributed by atoms with van der Waals surface area (Å²) in [5.74, 6) is 0.788. The van der Waals surface area contributed by atoms with E-state index in [1.165, 1.54) is 6.33 Å². The molecule has 0 fully saturated rings. The van der Waals surface area contributed by atoms with Gasteiger partial charge in [0.1, 0.15) is 11.8 Å². The van der Waals surface area contributed by atoms with Crippen molar-refractivity contribution in [2.45, 2.75) is 17.8 Å². The zero-order chi connectivity index (χ0) is 14.1. The molecule has 1 N–H and O–H groups in total. The minimum absolute atomic E-state index is 0.282. The molecule has 0 spiro atoms. The highest BCUT2D eigenvalue weighted by Crippen LogP contribution is 2.21. The molecule has 20 heavy (non-hydrogen) atoms. The minimum atomic E-state index is -1.27. The molecule has 0 saturated heterocycles. The summed E-state index contributed by atoms with van der Waals surface area (Å²) in [6, 6.07) is 0. The third-order valence-electron chi connectivity index (χ3n) is 2.92. The minimum Gasteiger partial charge on any atom is -0.481 e. The largest absolute Gasteiger partial charge is 0.481 e. The van der Waals surface area contributed by atoms with E-state index in [2.05, 4.69) is 19.9 Å². The number of nitrogens with one attached hydrogen (secondary N) is 1. The van der Waals surface area contributed by atoms with Gasteiger partial charge in [0.25, 0.3) is 0 Å². The van der Waals surface area contributed by atoms with Gasteiger partial charge in [-0.15, -0.1) is 11.3 Å². The number of thiophene rings is 1. The van der Waals surface area contributed by atoms with Gasteiger partial charge in [0.05, 0.1) is 34.9 Å². The highest BCUT2D eigenvalue weighted by Gasteiger charge is 2.15. The van der Waals surface area contributed by atoms with Crippen molar-refractivity contribution in [1.29, 1.82) is 0 Å². The Labute approximate surface area is 121 Å². The average molecular weight is 308 g/mol. The first-order valence-corrected chi connectivity index (χ1v) is 8.10. The first-order chi connectivity index (χ1) is 9.69. The molecule has 104 valence electrons. The van der Waals surface area contributed by atoms with Crippen LogP contribution < -0.4 is 4.74 Å². The van der Waals surface area contributed by atoms with Crippen molar-refractivity contribution in [3.63, 3.8) is 0 Å². The summed E-state index contributed by atoms with van der Waals surface area (Å²) in [4.78, 5) is 15.6. The van der Waals surface area contributed by atoms with Crippen molar-refractivity contribution in [2.24, 2.45) is 0 Å². The standard InChI is InChI=1S/C12H12N4O2S2/c1-7-10(13-6-14-11(7)18-2)5-20(17)12-15-8-3-19-4-9(8)16-12/h3-4,6H,5H2,1-2H3,(H,15,16). The van der Waals surface area contributed by atoms with E-state index in [0.717, 1.165) is 16.6 Å². The van der Waals surface area contributed by atoms with Crippen LogP contribution in [-0.4, -0.2) is 31.3 Å². The van der Waals surface area contributed by atoms with Gasteiger partial charge in [-0.05, 0) is 6.92 Å². The highest BCUT2D eigenvalue weighted by atomic mass is 32.2. The number of methoxy groups -OCH3 is 1. The Morgan fingerprint density at radius 3 is 3.00 bits per heavy atom. The first kappa shape index (κ1) is 13.2. The van der Waals surface area contributed by atoms with Crippen LogP contribution >= 0.6 is 11.3 Å². The van der Waals surface area contributed by atoms with Gasteiger partial charge >= 0.3 is 0 Å². The zero-order valence-electron chi connectivity index (χ0n) is 10.9. The molecule has 0 aromatic carbocycles. The summed E-state index contributed by atoms with van der Waals surface area (Å²) in [5, 5.41) is 4.34. The maximum absolute atomic E-state index is 12.4. The molecule has 0 saturated carbocycles. The van der Waals surface area contributed by atoms with Crippen molar-refractivity contribution >= 4 is 33.2 Å². The van der Waals surface area contributed by atoms with Gasteiger partial charge in [-0.1, -0.05) is 0 Å². The predicted molar refractivity (Wildman–Crippen MR) is 77.4 cm³/mol. The predicted octanol–water partition coefficient (Wildman–Crippen LogP) is 2.04. The van der Waals surface area contributed by atoms with Crippen LogP contribution in [0, 0.1) is 6.92 Å². The molecule has 1 unspecified atom stereocenters. The Kier molecular flexibility index (Phi) is 3.49. The normalized spacial score (nSPS) is 12.7. The molecule has 0 radical (unpaired) electrons. The van der Waals surface area contributed by atoms with Crippen molar-refractivity contribution in [3.05, 3.63) is 28.3 Å². The fraction of sp³-hybridized carbons (Fsp3) is 0.250. The van der Waals surface area contributed by atoms with Crippen LogP contribution in [0.2, 0.25) is 0 Å². The molecule has 8 heteroatoms. The number of aromatic nitrogens is 4. The molecule has 0 bridgehead atoms. The van der Waals surface area contributed by atoms with Crippen molar-refractivity contribution in [1.82, 2.24) is 19.9 Å². The number of fused-ring (bicyclic) bond motifs is 1. The lowest BCUT2D eigenvalue weighted by molar-refractivity contribution is 0.392. The molecule has 0 amide bonds. The van der Waals surface area contributed by atoms with E-state index in [1.54, 1.807) is 18.4 Å². The number of hydrogen-bond acceptors (Lipinski definition) is 6. The van der Waals surface area contributed by atoms with Crippen LogP contribution in [0.1, 0.15) is 11.3 Å². The van der Waals surface area contributed by atoms with Crippen LogP contribution in [0.3, 0.4) is 0 Å². The number of ether oxygens (including phenoxy) is 1. The zero-order valence-corrected chi connectivity index (χ0v) is 12.5. The van der Waals surface area contributed by atoms with E-state index in [9.17, 15) is 4.21 Å². The monoisotopic (exact) mass is 308 g/mol. The van der Waals surface area contributed by atoms with E-state index in [-0.39, 0.29) is 5.75 Å². The van der Waals surface area contributed by atoms with Gasteiger partial charge in [-0.25, -0.2) is 15.0 Å². The SMILES string of the molecule is COc1ncnc(CS(=O)c2nc3cscc3[nH]2)c1C. The Balaban J connectivity index is 1.87. The summed E-state index contributed by atoms with van der Waals surface area (Å²) in [5.41, 5.74) is 3.26. The number of aromatic amines is 1. The van der Waals surface area contributed by atoms with Crippen LogP contribution in [0.25, 0.3) is 11.0 Å². The van der Waals surface area contributed by atoms with Gasteiger partial charge in [0.15, 0.2) is 5.16 Å². The molecule has 0 aliphatic rings. The second kappa shape index (κ2) is 5.29. The van der Waals surface area contributed by atoms with Crippen molar-refractivity contribution < 1.29 is 8.95 Å². The molecule has 6 nitrogen and oxygen atoms in total. The average Bonchev–Trinajstić information content (AvgIpc) is 3.02. The molecule has 3 aromatic heterocycles. The Bertz CT molecular complexity index is 752. The maximum Gasteiger partial charge on any atom is 0.219 e. The van der Waals surface area contributed by atoms with E-state index in [0.29, 0.717) is 16.7 Å². The van der Waals surface area contributed by atoms with Crippen LogP contribution in [0.4, 0.5) is 0 Å². The van der Waals surface area contributed by atoms with Gasteiger partial charge in [0.2, 0.25) is 5.88 Å². The van der Waals surface area contributed by atoms with Gasteiger partial charge in [-0.3, -0.25) is 4.21 Å². The van der Waals surface area contributed by atoms with Gasteiger partial charge in [0, 0.05) is 16.3 Å².